The fourth-order valence-corrected chi connectivity index (χ4v) is 2.26. The summed E-state index contributed by atoms with van der Waals surface area (Å²) in [7, 11) is 0. The maximum atomic E-state index is 12.5. The van der Waals surface area contributed by atoms with Crippen LogP contribution in [0.2, 0.25) is 0 Å². The standard InChI is InChI=1S/C21H14O3/c22-15-14-16-6-8-17(9-7-16)21(23)18-10-12-20(13-11-18)24-19-4-2-1-3-5-19/h1-14H. The molecule has 0 radical (unpaired) electrons. The number of carbonyl (C=O) groups is 1. The third-order valence-corrected chi connectivity index (χ3v) is 3.49. The van der Waals surface area contributed by atoms with Crippen molar-refractivity contribution in [1.29, 1.82) is 0 Å². The summed E-state index contributed by atoms with van der Waals surface area (Å²) in [5, 5.41) is 0. The lowest BCUT2D eigenvalue weighted by molar-refractivity contribution is 0.103. The lowest BCUT2D eigenvalue weighted by Gasteiger charge is -2.06. The van der Waals surface area contributed by atoms with E-state index in [1.54, 1.807) is 54.5 Å². The maximum absolute atomic E-state index is 12.5. The molecule has 3 aromatic carbocycles. The number of ether oxygens (including phenoxy) is 1. The van der Waals surface area contributed by atoms with Crippen molar-refractivity contribution in [3.8, 4) is 11.5 Å². The highest BCUT2D eigenvalue weighted by atomic mass is 16.5. The Morgan fingerprint density at radius 2 is 1.29 bits per heavy atom. The monoisotopic (exact) mass is 314 g/mol. The van der Waals surface area contributed by atoms with Crippen LogP contribution in [0.4, 0.5) is 0 Å². The largest absolute Gasteiger partial charge is 0.457 e. The summed E-state index contributed by atoms with van der Waals surface area (Å²) in [6.45, 7) is 0. The molecule has 0 atom stereocenters. The van der Waals surface area contributed by atoms with Gasteiger partial charge in [-0.25, -0.2) is 4.79 Å². The van der Waals surface area contributed by atoms with Crippen LogP contribution < -0.4 is 4.74 Å². The minimum Gasteiger partial charge on any atom is -0.457 e. The van der Waals surface area contributed by atoms with E-state index in [2.05, 4.69) is 0 Å². The average Bonchev–Trinajstić information content (AvgIpc) is 2.64. The Labute approximate surface area is 139 Å². The molecule has 0 N–H and O–H groups in total. The summed E-state index contributed by atoms with van der Waals surface area (Å²) in [4.78, 5) is 22.8. The van der Waals surface area contributed by atoms with Crippen LogP contribution in [-0.2, 0) is 4.79 Å². The highest BCUT2D eigenvalue weighted by Crippen LogP contribution is 2.22. The van der Waals surface area contributed by atoms with Crippen LogP contribution in [-0.4, -0.2) is 11.7 Å². The van der Waals surface area contributed by atoms with Crippen molar-refractivity contribution in [2.24, 2.45) is 0 Å². The predicted octanol–water partition coefficient (Wildman–Crippen LogP) is 4.55. The second kappa shape index (κ2) is 7.23. The summed E-state index contributed by atoms with van der Waals surface area (Å²) >= 11 is 0. The van der Waals surface area contributed by atoms with Gasteiger partial charge in [-0.3, -0.25) is 4.79 Å². The normalized spacial score (nSPS) is 9.83. The van der Waals surface area contributed by atoms with E-state index in [1.807, 2.05) is 30.3 Å². The van der Waals surface area contributed by atoms with Crippen LogP contribution in [0.15, 0.2) is 78.9 Å². The maximum Gasteiger partial charge on any atom is 0.193 e. The number of hydrogen-bond acceptors (Lipinski definition) is 3. The molecule has 116 valence electrons. The summed E-state index contributed by atoms with van der Waals surface area (Å²) in [5.41, 5.74) is 1.86. The molecule has 0 aromatic heterocycles. The number of rotatable bonds is 5. The molecule has 0 spiro atoms. The Balaban J connectivity index is 1.75. The third-order valence-electron chi connectivity index (χ3n) is 3.49. The van der Waals surface area contributed by atoms with Gasteiger partial charge in [0.2, 0.25) is 0 Å². The number of carbonyl (C=O) groups excluding carboxylic acids is 2. The van der Waals surface area contributed by atoms with Crippen molar-refractivity contribution >= 4 is 17.8 Å². The first-order chi connectivity index (χ1) is 11.8. The minimum absolute atomic E-state index is 0.0807. The number of para-hydroxylation sites is 1. The summed E-state index contributed by atoms with van der Waals surface area (Å²) in [6.07, 6.45) is 1.32. The number of benzene rings is 3. The molecule has 0 aliphatic rings. The summed E-state index contributed by atoms with van der Waals surface area (Å²) in [5.74, 6) is 3.05. The first kappa shape index (κ1) is 15.5. The molecular formula is C21H14O3. The lowest BCUT2D eigenvalue weighted by Crippen LogP contribution is -2.00. The van der Waals surface area contributed by atoms with E-state index in [4.69, 9.17) is 4.74 Å². The molecule has 0 bridgehead atoms. The molecule has 3 aromatic rings. The summed E-state index contributed by atoms with van der Waals surface area (Å²) < 4.78 is 5.71. The van der Waals surface area contributed by atoms with Gasteiger partial charge >= 0.3 is 0 Å². The van der Waals surface area contributed by atoms with Crippen LogP contribution in [0.1, 0.15) is 21.5 Å². The van der Waals surface area contributed by atoms with Gasteiger partial charge in [-0.05, 0) is 42.0 Å². The van der Waals surface area contributed by atoms with E-state index in [9.17, 15) is 9.59 Å². The first-order valence-corrected chi connectivity index (χ1v) is 7.45. The Morgan fingerprint density at radius 3 is 1.88 bits per heavy atom. The van der Waals surface area contributed by atoms with Crippen molar-refractivity contribution < 1.29 is 14.3 Å². The van der Waals surface area contributed by atoms with Crippen LogP contribution in [0, 0.1) is 0 Å². The SMILES string of the molecule is O=C=Cc1ccc(C(=O)c2ccc(Oc3ccccc3)cc2)cc1. The molecule has 3 nitrogen and oxygen atoms in total. The average molecular weight is 314 g/mol. The Morgan fingerprint density at radius 1 is 0.750 bits per heavy atom. The van der Waals surface area contributed by atoms with Crippen molar-refractivity contribution in [2.75, 3.05) is 0 Å². The first-order valence-electron chi connectivity index (χ1n) is 7.45. The van der Waals surface area contributed by atoms with Gasteiger partial charge in [-0.1, -0.05) is 42.5 Å². The molecule has 0 unspecified atom stereocenters. The molecule has 0 saturated carbocycles. The molecule has 3 heteroatoms. The van der Waals surface area contributed by atoms with Crippen molar-refractivity contribution in [1.82, 2.24) is 0 Å². The van der Waals surface area contributed by atoms with Gasteiger partial charge in [-0.2, -0.15) is 0 Å². The molecule has 0 heterocycles. The zero-order chi connectivity index (χ0) is 16.8. The Kier molecular flexibility index (Phi) is 4.66. The summed E-state index contributed by atoms with van der Waals surface area (Å²) in [6, 6.07) is 23.3. The van der Waals surface area contributed by atoms with Gasteiger partial charge in [0.15, 0.2) is 5.78 Å². The van der Waals surface area contributed by atoms with Crippen molar-refractivity contribution in [2.45, 2.75) is 0 Å². The van der Waals surface area contributed by atoms with Gasteiger partial charge in [0.05, 0.1) is 0 Å². The Bertz CT molecular complexity index is 873. The van der Waals surface area contributed by atoms with Crippen LogP contribution >= 0.6 is 0 Å². The second-order valence-electron chi connectivity index (χ2n) is 5.15. The van der Waals surface area contributed by atoms with Gasteiger partial charge in [0.1, 0.15) is 17.4 Å². The third kappa shape index (κ3) is 3.67. The van der Waals surface area contributed by atoms with E-state index >= 15 is 0 Å². The fraction of sp³-hybridized carbons (Fsp3) is 0. The minimum atomic E-state index is -0.0807. The van der Waals surface area contributed by atoms with Gasteiger partial charge in [0.25, 0.3) is 0 Å². The number of ketones is 1. The Hall–Kier alpha value is -3.42. The second-order valence-corrected chi connectivity index (χ2v) is 5.15. The van der Waals surface area contributed by atoms with Gasteiger partial charge in [-0.15, -0.1) is 0 Å². The molecular weight excluding hydrogens is 300 g/mol. The highest BCUT2D eigenvalue weighted by molar-refractivity contribution is 6.09. The smallest absolute Gasteiger partial charge is 0.193 e. The zero-order valence-electron chi connectivity index (χ0n) is 12.8. The molecule has 0 fully saturated rings. The predicted molar refractivity (Wildman–Crippen MR) is 93.0 cm³/mol. The van der Waals surface area contributed by atoms with Crippen LogP contribution in [0.25, 0.3) is 6.08 Å². The van der Waals surface area contributed by atoms with E-state index in [-0.39, 0.29) is 5.78 Å². The molecule has 24 heavy (non-hydrogen) atoms. The molecule has 0 saturated heterocycles. The van der Waals surface area contributed by atoms with Gasteiger partial charge in [0, 0.05) is 17.2 Å². The van der Waals surface area contributed by atoms with Crippen LogP contribution in [0.3, 0.4) is 0 Å². The zero-order valence-corrected chi connectivity index (χ0v) is 12.8. The highest BCUT2D eigenvalue weighted by Gasteiger charge is 2.09. The van der Waals surface area contributed by atoms with Gasteiger partial charge < -0.3 is 4.74 Å². The van der Waals surface area contributed by atoms with E-state index in [0.717, 1.165) is 5.75 Å². The van der Waals surface area contributed by atoms with E-state index in [1.165, 1.54) is 6.08 Å². The molecule has 0 aliphatic carbocycles. The quantitative estimate of drug-likeness (QED) is 0.512. The van der Waals surface area contributed by atoms with E-state index in [0.29, 0.717) is 22.4 Å². The van der Waals surface area contributed by atoms with Crippen molar-refractivity contribution in [3.63, 3.8) is 0 Å². The van der Waals surface area contributed by atoms with Crippen LogP contribution in [0.5, 0.6) is 11.5 Å². The fourth-order valence-electron chi connectivity index (χ4n) is 2.26. The van der Waals surface area contributed by atoms with Crippen molar-refractivity contribution in [3.05, 3.63) is 95.6 Å². The molecule has 3 rings (SSSR count). The molecule has 0 aliphatic heterocycles. The lowest BCUT2D eigenvalue weighted by atomic mass is 10.0. The van der Waals surface area contributed by atoms with E-state index < -0.39 is 0 Å². The topological polar surface area (TPSA) is 43.4 Å². The molecule has 0 amide bonds. The number of hydrogen-bond donors (Lipinski definition) is 0.